The average Bonchev–Trinajstić information content (AvgIpc) is 3.24. The predicted octanol–water partition coefficient (Wildman–Crippen LogP) is 3.95. The monoisotopic (exact) mass is 406 g/mol. The molecule has 0 aliphatic heterocycles. The minimum atomic E-state index is -3.82. The number of hydrogen-bond acceptors (Lipinski definition) is 5. The van der Waals surface area contributed by atoms with Crippen LogP contribution < -0.4 is 9.46 Å². The van der Waals surface area contributed by atoms with E-state index in [1.165, 1.54) is 13.2 Å². The zero-order valence-electron chi connectivity index (χ0n) is 15.5. The van der Waals surface area contributed by atoms with Gasteiger partial charge in [-0.15, -0.1) is 0 Å². The van der Waals surface area contributed by atoms with Crippen LogP contribution in [0, 0.1) is 0 Å². The highest BCUT2D eigenvalue weighted by atomic mass is 32.2. The number of H-pyrrole nitrogens is 1. The van der Waals surface area contributed by atoms with Gasteiger partial charge in [0, 0.05) is 35.4 Å². The zero-order valence-corrected chi connectivity index (χ0v) is 16.3. The van der Waals surface area contributed by atoms with Gasteiger partial charge in [-0.2, -0.15) is 5.10 Å². The lowest BCUT2D eigenvalue weighted by atomic mass is 10.0. The summed E-state index contributed by atoms with van der Waals surface area (Å²) in [5.74, 6) is 0.281. The summed E-state index contributed by atoms with van der Waals surface area (Å²) in [5.41, 5.74) is 3.78. The number of benzene rings is 2. The number of ether oxygens (including phenoxy) is 1. The molecule has 2 N–H and O–H groups in total. The zero-order chi connectivity index (χ0) is 20.3. The normalized spacial score (nSPS) is 11.2. The van der Waals surface area contributed by atoms with Crippen LogP contribution >= 0.6 is 0 Å². The highest BCUT2D eigenvalue weighted by molar-refractivity contribution is 7.92. The van der Waals surface area contributed by atoms with Gasteiger partial charge in [-0.1, -0.05) is 24.3 Å². The van der Waals surface area contributed by atoms with Gasteiger partial charge in [0.25, 0.3) is 10.0 Å². The molecule has 0 amide bonds. The molecule has 8 heteroatoms. The first-order chi connectivity index (χ1) is 14.1. The van der Waals surface area contributed by atoms with E-state index < -0.39 is 10.0 Å². The van der Waals surface area contributed by atoms with Crippen molar-refractivity contribution in [1.82, 2.24) is 15.2 Å². The van der Waals surface area contributed by atoms with Crippen LogP contribution in [0.1, 0.15) is 0 Å². The summed E-state index contributed by atoms with van der Waals surface area (Å²) in [5, 5.41) is 7.22. The van der Waals surface area contributed by atoms with Crippen LogP contribution in [-0.2, 0) is 10.0 Å². The molecule has 2 heterocycles. The molecule has 29 heavy (non-hydrogen) atoms. The van der Waals surface area contributed by atoms with Crippen LogP contribution in [0.15, 0.2) is 84.1 Å². The van der Waals surface area contributed by atoms with Gasteiger partial charge in [0.05, 0.1) is 12.8 Å². The average molecular weight is 406 g/mol. The lowest BCUT2D eigenvalue weighted by Gasteiger charge is -2.12. The Balaban J connectivity index is 1.68. The molecule has 0 aliphatic carbocycles. The number of pyridine rings is 1. The van der Waals surface area contributed by atoms with Crippen molar-refractivity contribution in [3.05, 3.63) is 79.3 Å². The Hall–Kier alpha value is -3.65. The van der Waals surface area contributed by atoms with E-state index in [1.807, 2.05) is 18.2 Å². The van der Waals surface area contributed by atoms with E-state index in [1.54, 1.807) is 55.0 Å². The molecule has 0 radical (unpaired) electrons. The van der Waals surface area contributed by atoms with E-state index in [0.717, 1.165) is 22.4 Å². The van der Waals surface area contributed by atoms with Gasteiger partial charge in [-0.05, 0) is 42.0 Å². The minimum absolute atomic E-state index is 0.0742. The number of nitrogens with zero attached hydrogens (tertiary/aromatic N) is 2. The number of nitrogens with one attached hydrogen (secondary N) is 2. The molecule has 0 bridgehead atoms. The smallest absolute Gasteiger partial charge is 0.265 e. The third kappa shape index (κ3) is 3.83. The van der Waals surface area contributed by atoms with Crippen molar-refractivity contribution in [2.75, 3.05) is 11.8 Å². The maximum atomic E-state index is 12.8. The first kappa shape index (κ1) is 18.7. The number of rotatable bonds is 6. The quantitative estimate of drug-likeness (QED) is 0.505. The van der Waals surface area contributed by atoms with Crippen LogP contribution in [0.25, 0.3) is 22.4 Å². The molecule has 7 nitrogen and oxygen atoms in total. The van der Waals surface area contributed by atoms with Crippen molar-refractivity contribution >= 4 is 15.7 Å². The van der Waals surface area contributed by atoms with E-state index in [9.17, 15) is 8.42 Å². The Morgan fingerprint density at radius 2 is 1.76 bits per heavy atom. The largest absolute Gasteiger partial charge is 0.495 e. The van der Waals surface area contributed by atoms with Crippen molar-refractivity contribution in [2.45, 2.75) is 4.90 Å². The topological polar surface area (TPSA) is 97.0 Å². The van der Waals surface area contributed by atoms with Crippen molar-refractivity contribution in [3.8, 4) is 28.1 Å². The highest BCUT2D eigenvalue weighted by Gasteiger charge is 2.19. The molecule has 2 aromatic carbocycles. The summed E-state index contributed by atoms with van der Waals surface area (Å²) >= 11 is 0. The second-order valence-corrected chi connectivity index (χ2v) is 7.87. The Bertz CT molecular complexity index is 1240. The summed E-state index contributed by atoms with van der Waals surface area (Å²) in [6, 6.07) is 17.3. The number of anilines is 1. The SMILES string of the molecule is COc1ccccc1S(=O)(=O)Nc1cccc(-c2n[nH]cc2-c2ccncc2)c1. The van der Waals surface area contributed by atoms with Crippen LogP contribution in [0.5, 0.6) is 5.75 Å². The minimum Gasteiger partial charge on any atom is -0.495 e. The van der Waals surface area contributed by atoms with E-state index >= 15 is 0 Å². The fourth-order valence-corrected chi connectivity index (χ4v) is 4.26. The molecule has 0 saturated carbocycles. The van der Waals surface area contributed by atoms with Crippen molar-refractivity contribution in [1.29, 1.82) is 0 Å². The van der Waals surface area contributed by atoms with Gasteiger partial charge >= 0.3 is 0 Å². The van der Waals surface area contributed by atoms with E-state index in [-0.39, 0.29) is 10.6 Å². The Kier molecular flexibility index (Phi) is 5.01. The number of methoxy groups -OCH3 is 1. The number of aromatic amines is 1. The third-order valence-electron chi connectivity index (χ3n) is 4.38. The van der Waals surface area contributed by atoms with Gasteiger partial charge < -0.3 is 4.74 Å². The number of para-hydroxylation sites is 1. The van der Waals surface area contributed by atoms with Crippen LogP contribution in [0.3, 0.4) is 0 Å². The van der Waals surface area contributed by atoms with Crippen LogP contribution in [0.4, 0.5) is 5.69 Å². The molecule has 4 rings (SSSR count). The molecule has 4 aromatic rings. The molecule has 0 aliphatic rings. The summed E-state index contributed by atoms with van der Waals surface area (Å²) in [7, 11) is -2.38. The van der Waals surface area contributed by atoms with E-state index in [4.69, 9.17) is 4.74 Å². The fraction of sp³-hybridized carbons (Fsp3) is 0.0476. The Morgan fingerprint density at radius 3 is 2.55 bits per heavy atom. The van der Waals surface area contributed by atoms with Crippen molar-refractivity contribution in [3.63, 3.8) is 0 Å². The maximum Gasteiger partial charge on any atom is 0.265 e. The van der Waals surface area contributed by atoms with Gasteiger partial charge in [-0.25, -0.2) is 8.42 Å². The lowest BCUT2D eigenvalue weighted by Crippen LogP contribution is -2.14. The van der Waals surface area contributed by atoms with Gasteiger partial charge in [-0.3, -0.25) is 14.8 Å². The number of aromatic nitrogens is 3. The Labute approximate surface area is 168 Å². The third-order valence-corrected chi connectivity index (χ3v) is 5.80. The first-order valence-corrected chi connectivity index (χ1v) is 10.3. The first-order valence-electron chi connectivity index (χ1n) is 8.79. The molecule has 2 aromatic heterocycles. The van der Waals surface area contributed by atoms with Crippen LogP contribution in [-0.4, -0.2) is 30.7 Å². The highest BCUT2D eigenvalue weighted by Crippen LogP contribution is 2.32. The number of sulfonamides is 1. The van der Waals surface area contributed by atoms with Crippen molar-refractivity contribution in [2.24, 2.45) is 0 Å². The fourth-order valence-electron chi connectivity index (χ4n) is 3.04. The molecule has 0 atom stereocenters. The predicted molar refractivity (Wildman–Crippen MR) is 111 cm³/mol. The number of hydrogen-bond donors (Lipinski definition) is 2. The standard InChI is InChI=1S/C21H18N4O3S/c1-28-19-7-2-3-8-20(19)29(26,27)25-17-6-4-5-16(13-17)21-18(14-23-24-21)15-9-11-22-12-10-15/h2-14,25H,1H3,(H,23,24). The second kappa shape index (κ2) is 7.76. The molecular formula is C21H18N4O3S. The molecule has 0 saturated heterocycles. The van der Waals surface area contributed by atoms with E-state index in [0.29, 0.717) is 5.69 Å². The molecule has 0 fully saturated rings. The molecule has 0 spiro atoms. The summed E-state index contributed by atoms with van der Waals surface area (Å²) in [6.07, 6.45) is 5.23. The van der Waals surface area contributed by atoms with E-state index in [2.05, 4.69) is 19.9 Å². The van der Waals surface area contributed by atoms with Gasteiger partial charge in [0.15, 0.2) is 0 Å². The Morgan fingerprint density at radius 1 is 0.966 bits per heavy atom. The summed E-state index contributed by atoms with van der Waals surface area (Å²) < 4.78 is 33.5. The summed E-state index contributed by atoms with van der Waals surface area (Å²) in [4.78, 5) is 4.11. The van der Waals surface area contributed by atoms with Crippen molar-refractivity contribution < 1.29 is 13.2 Å². The summed E-state index contributed by atoms with van der Waals surface area (Å²) in [6.45, 7) is 0. The molecule has 146 valence electrons. The van der Waals surface area contributed by atoms with Gasteiger partial charge in [0.1, 0.15) is 10.6 Å². The molecule has 0 unspecified atom stereocenters. The molecular weight excluding hydrogens is 388 g/mol. The lowest BCUT2D eigenvalue weighted by molar-refractivity contribution is 0.403. The van der Waals surface area contributed by atoms with Gasteiger partial charge in [0.2, 0.25) is 0 Å². The van der Waals surface area contributed by atoms with Crippen LogP contribution in [0.2, 0.25) is 0 Å². The maximum absolute atomic E-state index is 12.8. The second-order valence-electron chi connectivity index (χ2n) is 6.22.